The summed E-state index contributed by atoms with van der Waals surface area (Å²) in [5.74, 6) is 1.01. The van der Waals surface area contributed by atoms with E-state index in [1.54, 1.807) is 18.1 Å². The molecule has 1 aliphatic heterocycles. The van der Waals surface area contributed by atoms with E-state index in [9.17, 15) is 0 Å². The van der Waals surface area contributed by atoms with E-state index < -0.39 is 0 Å². The second-order valence-corrected chi connectivity index (χ2v) is 5.15. The summed E-state index contributed by atoms with van der Waals surface area (Å²) in [4.78, 5) is 13.2. The van der Waals surface area contributed by atoms with E-state index in [1.807, 2.05) is 12.3 Å². The predicted molar refractivity (Wildman–Crippen MR) is 74.2 cm³/mol. The molecular formula is C12H20N4OS. The van der Waals surface area contributed by atoms with E-state index in [0.717, 1.165) is 50.0 Å². The fourth-order valence-electron chi connectivity index (χ4n) is 2.18. The molecule has 2 heterocycles. The van der Waals surface area contributed by atoms with Crippen LogP contribution in [0.2, 0.25) is 0 Å². The lowest BCUT2D eigenvalue weighted by Gasteiger charge is -2.22. The summed E-state index contributed by atoms with van der Waals surface area (Å²) < 4.78 is 0. The zero-order chi connectivity index (χ0) is 12.8. The Bertz CT molecular complexity index is 377. The van der Waals surface area contributed by atoms with Crippen molar-refractivity contribution < 1.29 is 5.11 Å². The molecule has 5 nitrogen and oxygen atoms in total. The van der Waals surface area contributed by atoms with Crippen molar-refractivity contribution in [2.24, 2.45) is 0 Å². The molecule has 1 aliphatic rings. The molecule has 0 aliphatic carbocycles. The van der Waals surface area contributed by atoms with Gasteiger partial charge in [0.15, 0.2) is 0 Å². The third-order valence-electron chi connectivity index (χ3n) is 3.17. The minimum absolute atomic E-state index is 0.240. The molecule has 1 aromatic rings. The maximum Gasteiger partial charge on any atom is 0.133 e. The molecule has 1 saturated heterocycles. The Morgan fingerprint density at radius 1 is 1.28 bits per heavy atom. The van der Waals surface area contributed by atoms with Gasteiger partial charge in [0, 0.05) is 32.2 Å². The summed E-state index contributed by atoms with van der Waals surface area (Å²) in [6.07, 6.45) is 4.77. The fourth-order valence-corrected chi connectivity index (χ4v) is 2.56. The normalized spacial score (nSPS) is 17.8. The summed E-state index contributed by atoms with van der Waals surface area (Å²) in [7, 11) is 0. The summed E-state index contributed by atoms with van der Waals surface area (Å²) in [5.41, 5.74) is 0. The Morgan fingerprint density at radius 3 is 2.94 bits per heavy atom. The molecule has 1 fully saturated rings. The number of rotatable bonds is 4. The second kappa shape index (κ2) is 6.92. The maximum atomic E-state index is 8.98. The maximum absolute atomic E-state index is 8.98. The lowest BCUT2D eigenvalue weighted by atomic mass is 10.4. The van der Waals surface area contributed by atoms with E-state index in [2.05, 4.69) is 19.8 Å². The van der Waals surface area contributed by atoms with Gasteiger partial charge in [-0.2, -0.15) is 0 Å². The first-order chi connectivity index (χ1) is 8.83. The number of aromatic nitrogens is 2. The highest BCUT2D eigenvalue weighted by Gasteiger charge is 2.15. The van der Waals surface area contributed by atoms with Crippen molar-refractivity contribution in [3.05, 3.63) is 12.4 Å². The van der Waals surface area contributed by atoms with E-state index in [1.165, 1.54) is 0 Å². The van der Waals surface area contributed by atoms with Gasteiger partial charge in [-0.25, -0.2) is 9.97 Å². The SMILES string of the molecule is CSc1cc(N2CCCN(CCO)CC2)ncn1. The molecule has 18 heavy (non-hydrogen) atoms. The molecule has 6 heteroatoms. The van der Waals surface area contributed by atoms with Gasteiger partial charge in [-0.15, -0.1) is 11.8 Å². The smallest absolute Gasteiger partial charge is 0.133 e. The standard InChI is InChI=1S/C12H20N4OS/c1-18-12-9-11(13-10-14-12)16-4-2-3-15(5-6-16)7-8-17/h9-10,17H,2-8H2,1H3. The molecule has 0 amide bonds. The molecule has 0 bridgehead atoms. The van der Waals surface area contributed by atoms with Gasteiger partial charge in [0.1, 0.15) is 17.2 Å². The number of aliphatic hydroxyl groups excluding tert-OH is 1. The number of thioether (sulfide) groups is 1. The Balaban J connectivity index is 2.00. The zero-order valence-electron chi connectivity index (χ0n) is 10.7. The van der Waals surface area contributed by atoms with Crippen LogP contribution >= 0.6 is 11.8 Å². The van der Waals surface area contributed by atoms with Crippen LogP contribution < -0.4 is 4.90 Å². The molecule has 0 saturated carbocycles. The van der Waals surface area contributed by atoms with Gasteiger partial charge in [0.05, 0.1) is 6.61 Å². The van der Waals surface area contributed by atoms with Gasteiger partial charge >= 0.3 is 0 Å². The topological polar surface area (TPSA) is 52.5 Å². The Hall–Kier alpha value is -0.850. The van der Waals surface area contributed by atoms with Crippen LogP contribution in [0.25, 0.3) is 0 Å². The molecule has 1 aromatic heterocycles. The van der Waals surface area contributed by atoms with Crippen molar-refractivity contribution in [3.63, 3.8) is 0 Å². The average molecular weight is 268 g/mol. The molecule has 0 radical (unpaired) electrons. The van der Waals surface area contributed by atoms with E-state index in [-0.39, 0.29) is 6.61 Å². The van der Waals surface area contributed by atoms with Gasteiger partial charge in [0.25, 0.3) is 0 Å². The molecule has 2 rings (SSSR count). The summed E-state index contributed by atoms with van der Waals surface area (Å²) in [5, 5.41) is 9.99. The van der Waals surface area contributed by atoms with E-state index in [0.29, 0.717) is 0 Å². The summed E-state index contributed by atoms with van der Waals surface area (Å²) >= 11 is 1.64. The summed E-state index contributed by atoms with van der Waals surface area (Å²) in [6, 6.07) is 2.05. The molecular weight excluding hydrogens is 248 g/mol. The quantitative estimate of drug-likeness (QED) is 0.641. The van der Waals surface area contributed by atoms with Crippen LogP contribution in [0.3, 0.4) is 0 Å². The number of anilines is 1. The largest absolute Gasteiger partial charge is 0.395 e. The number of aliphatic hydroxyl groups is 1. The first-order valence-electron chi connectivity index (χ1n) is 6.27. The average Bonchev–Trinajstić information content (AvgIpc) is 2.65. The van der Waals surface area contributed by atoms with Gasteiger partial charge in [0.2, 0.25) is 0 Å². The Morgan fingerprint density at radius 2 is 2.17 bits per heavy atom. The molecule has 0 aromatic carbocycles. The van der Waals surface area contributed by atoms with Crippen molar-refractivity contribution in [3.8, 4) is 0 Å². The Labute approximate surface area is 112 Å². The van der Waals surface area contributed by atoms with Crippen molar-refractivity contribution in [1.29, 1.82) is 0 Å². The number of nitrogens with zero attached hydrogens (tertiary/aromatic N) is 4. The van der Waals surface area contributed by atoms with Crippen molar-refractivity contribution in [2.75, 3.05) is 50.5 Å². The van der Waals surface area contributed by atoms with Crippen molar-refractivity contribution >= 4 is 17.6 Å². The number of β-amino-alcohol motifs (C(OH)–C–C–N with tert-alkyl or cyclic N) is 1. The monoisotopic (exact) mass is 268 g/mol. The van der Waals surface area contributed by atoms with Gasteiger partial charge < -0.3 is 10.0 Å². The van der Waals surface area contributed by atoms with E-state index in [4.69, 9.17) is 5.11 Å². The van der Waals surface area contributed by atoms with Crippen LogP contribution in [-0.4, -0.2) is 65.6 Å². The van der Waals surface area contributed by atoms with Crippen LogP contribution in [0.5, 0.6) is 0 Å². The molecule has 1 N–H and O–H groups in total. The number of hydrogen-bond acceptors (Lipinski definition) is 6. The molecule has 0 atom stereocenters. The third-order valence-corrected chi connectivity index (χ3v) is 3.81. The molecule has 0 spiro atoms. The van der Waals surface area contributed by atoms with Gasteiger partial charge in [-0.1, -0.05) is 0 Å². The first kappa shape index (κ1) is 13.6. The Kier molecular flexibility index (Phi) is 5.22. The lowest BCUT2D eigenvalue weighted by Crippen LogP contribution is -2.32. The van der Waals surface area contributed by atoms with Crippen LogP contribution in [0, 0.1) is 0 Å². The van der Waals surface area contributed by atoms with Crippen molar-refractivity contribution in [2.45, 2.75) is 11.4 Å². The fraction of sp³-hybridized carbons (Fsp3) is 0.667. The van der Waals surface area contributed by atoms with Gasteiger partial charge in [-0.05, 0) is 19.2 Å². The minimum Gasteiger partial charge on any atom is -0.395 e. The van der Waals surface area contributed by atoms with Crippen LogP contribution in [-0.2, 0) is 0 Å². The van der Waals surface area contributed by atoms with Gasteiger partial charge in [-0.3, -0.25) is 4.90 Å². The zero-order valence-corrected chi connectivity index (χ0v) is 11.6. The summed E-state index contributed by atoms with van der Waals surface area (Å²) in [6.45, 7) is 5.03. The highest BCUT2D eigenvalue weighted by atomic mass is 32.2. The van der Waals surface area contributed by atoms with Crippen molar-refractivity contribution in [1.82, 2.24) is 14.9 Å². The predicted octanol–water partition coefficient (Wildman–Crippen LogP) is 0.703. The highest BCUT2D eigenvalue weighted by Crippen LogP contribution is 2.18. The van der Waals surface area contributed by atoms with Crippen LogP contribution in [0.4, 0.5) is 5.82 Å². The molecule has 100 valence electrons. The second-order valence-electron chi connectivity index (χ2n) is 4.32. The van der Waals surface area contributed by atoms with E-state index >= 15 is 0 Å². The highest BCUT2D eigenvalue weighted by molar-refractivity contribution is 7.98. The first-order valence-corrected chi connectivity index (χ1v) is 7.50. The third kappa shape index (κ3) is 3.57. The van der Waals surface area contributed by atoms with Crippen LogP contribution in [0.15, 0.2) is 17.4 Å². The number of hydrogen-bond donors (Lipinski definition) is 1. The minimum atomic E-state index is 0.240. The molecule has 0 unspecified atom stereocenters. The lowest BCUT2D eigenvalue weighted by molar-refractivity contribution is 0.204. The van der Waals surface area contributed by atoms with Crippen LogP contribution in [0.1, 0.15) is 6.42 Å².